The Morgan fingerprint density at radius 1 is 0.917 bits per heavy atom. The Balaban J connectivity index is 1.45. The molecular formula is C29H30N6O. The molecule has 36 heavy (non-hydrogen) atoms. The van der Waals surface area contributed by atoms with Crippen LogP contribution < -0.4 is 4.74 Å². The molecule has 182 valence electrons. The average molecular weight is 479 g/mol. The Labute approximate surface area is 211 Å². The van der Waals surface area contributed by atoms with Gasteiger partial charge >= 0.3 is 0 Å². The number of pyridine rings is 2. The zero-order valence-corrected chi connectivity index (χ0v) is 21.3. The number of H-pyrrole nitrogens is 1. The molecule has 4 aromatic heterocycles. The first-order chi connectivity index (χ1) is 17.3. The van der Waals surface area contributed by atoms with Crippen molar-refractivity contribution in [2.75, 3.05) is 0 Å². The number of aromatic nitrogens is 6. The third-order valence-electron chi connectivity index (χ3n) is 5.89. The summed E-state index contributed by atoms with van der Waals surface area (Å²) < 4.78 is 7.79. The molecule has 1 N–H and O–H groups in total. The minimum atomic E-state index is -0.127. The molecule has 0 atom stereocenters. The molecule has 0 fully saturated rings. The minimum Gasteiger partial charge on any atom is -0.487 e. The van der Waals surface area contributed by atoms with Gasteiger partial charge in [0.2, 0.25) is 0 Å². The third kappa shape index (κ3) is 5.05. The first-order valence-corrected chi connectivity index (χ1v) is 12.0. The van der Waals surface area contributed by atoms with Crippen LogP contribution in [0.2, 0.25) is 0 Å². The number of imidazole rings is 2. The van der Waals surface area contributed by atoms with Crippen LogP contribution in [0, 0.1) is 6.92 Å². The quantitative estimate of drug-likeness (QED) is 0.318. The Bertz CT molecular complexity index is 1490. The Morgan fingerprint density at radius 2 is 1.72 bits per heavy atom. The first-order valence-electron chi connectivity index (χ1n) is 12.0. The number of nitrogens with one attached hydrogen (secondary N) is 1. The van der Waals surface area contributed by atoms with Crippen molar-refractivity contribution in [2.24, 2.45) is 7.05 Å². The molecule has 7 heteroatoms. The molecule has 7 nitrogen and oxygen atoms in total. The fraction of sp³-hybridized carbons (Fsp3) is 0.241. The normalized spacial score (nSPS) is 11.6. The van der Waals surface area contributed by atoms with Gasteiger partial charge in [-0.25, -0.2) is 9.97 Å². The summed E-state index contributed by atoms with van der Waals surface area (Å²) in [5.74, 6) is 1.71. The van der Waals surface area contributed by atoms with Crippen LogP contribution in [-0.2, 0) is 19.1 Å². The van der Waals surface area contributed by atoms with E-state index in [2.05, 4.69) is 41.8 Å². The zero-order chi connectivity index (χ0) is 25.3. The number of rotatable bonds is 6. The maximum Gasteiger partial charge on any atom is 0.132 e. The Kier molecular flexibility index (Phi) is 6.14. The van der Waals surface area contributed by atoms with Crippen LogP contribution in [-0.4, -0.2) is 29.5 Å². The number of aryl methyl sites for hydroxylation is 2. The molecule has 4 heterocycles. The SMILES string of the molecule is Cc1cccc(-c2[nH]c(C(C)(C)C)nc2-c2ccnc(-c3ccc(OCc4cn(C)cn4)cc3)c2)n1. The topological polar surface area (TPSA) is 81.5 Å². The van der Waals surface area contributed by atoms with Crippen LogP contribution in [0.25, 0.3) is 33.9 Å². The van der Waals surface area contributed by atoms with E-state index in [1.807, 2.05) is 79.5 Å². The van der Waals surface area contributed by atoms with Crippen molar-refractivity contribution in [3.8, 4) is 39.7 Å². The van der Waals surface area contributed by atoms with Crippen molar-refractivity contribution in [3.63, 3.8) is 0 Å². The van der Waals surface area contributed by atoms with Crippen LogP contribution in [0.3, 0.4) is 0 Å². The highest BCUT2D eigenvalue weighted by molar-refractivity contribution is 5.79. The molecule has 1 aromatic carbocycles. The highest BCUT2D eigenvalue weighted by Crippen LogP contribution is 2.34. The van der Waals surface area contributed by atoms with Gasteiger partial charge in [0.25, 0.3) is 0 Å². The van der Waals surface area contributed by atoms with Crippen molar-refractivity contribution in [1.29, 1.82) is 0 Å². The number of hydrogen-bond donors (Lipinski definition) is 1. The first kappa shape index (κ1) is 23.5. The van der Waals surface area contributed by atoms with Gasteiger partial charge in [0, 0.05) is 41.7 Å². The smallest absolute Gasteiger partial charge is 0.132 e. The molecule has 0 radical (unpaired) electrons. The molecule has 0 aliphatic carbocycles. The maximum absolute atomic E-state index is 5.88. The summed E-state index contributed by atoms with van der Waals surface area (Å²) in [4.78, 5) is 22.2. The van der Waals surface area contributed by atoms with Crippen molar-refractivity contribution >= 4 is 0 Å². The Morgan fingerprint density at radius 3 is 2.42 bits per heavy atom. The van der Waals surface area contributed by atoms with Crippen molar-refractivity contribution in [2.45, 2.75) is 39.7 Å². The summed E-state index contributed by atoms with van der Waals surface area (Å²) in [6.07, 6.45) is 5.55. The number of aromatic amines is 1. The number of benzene rings is 1. The molecule has 0 amide bonds. The van der Waals surface area contributed by atoms with Gasteiger partial charge in [0.15, 0.2) is 0 Å². The van der Waals surface area contributed by atoms with E-state index in [9.17, 15) is 0 Å². The van der Waals surface area contributed by atoms with Gasteiger partial charge in [-0.3, -0.25) is 9.97 Å². The summed E-state index contributed by atoms with van der Waals surface area (Å²) in [7, 11) is 1.94. The highest BCUT2D eigenvalue weighted by Gasteiger charge is 2.23. The second kappa shape index (κ2) is 9.41. The molecule has 0 bridgehead atoms. The van der Waals surface area contributed by atoms with Crippen molar-refractivity contribution in [1.82, 2.24) is 29.5 Å². The lowest BCUT2D eigenvalue weighted by molar-refractivity contribution is 0.302. The lowest BCUT2D eigenvalue weighted by atomic mass is 9.96. The second-order valence-corrected chi connectivity index (χ2v) is 10.00. The van der Waals surface area contributed by atoms with Crippen LogP contribution in [0.4, 0.5) is 0 Å². The molecule has 0 saturated heterocycles. The average Bonchev–Trinajstić information content (AvgIpc) is 3.50. The molecule has 0 aliphatic heterocycles. The van der Waals surface area contributed by atoms with E-state index in [1.54, 1.807) is 6.33 Å². The van der Waals surface area contributed by atoms with Gasteiger partial charge in [-0.05, 0) is 55.5 Å². The van der Waals surface area contributed by atoms with Crippen LogP contribution in [0.15, 0.2) is 73.3 Å². The molecule has 0 saturated carbocycles. The molecule has 0 unspecified atom stereocenters. The van der Waals surface area contributed by atoms with Gasteiger partial charge in [-0.15, -0.1) is 0 Å². The molecular weight excluding hydrogens is 448 g/mol. The summed E-state index contributed by atoms with van der Waals surface area (Å²) in [5, 5.41) is 0. The standard InChI is InChI=1S/C29H30N6O/c1-19-7-6-8-24(32-19)27-26(33-28(34-27)29(2,3)4)21-13-14-30-25(15-21)20-9-11-23(12-10-20)36-17-22-16-35(5)18-31-22/h6-16,18H,17H2,1-5H3,(H,33,34). The third-order valence-corrected chi connectivity index (χ3v) is 5.89. The predicted molar refractivity (Wildman–Crippen MR) is 141 cm³/mol. The van der Waals surface area contributed by atoms with Crippen LogP contribution in [0.5, 0.6) is 5.75 Å². The summed E-state index contributed by atoms with van der Waals surface area (Å²) in [5.41, 5.74) is 7.25. The van der Waals surface area contributed by atoms with E-state index < -0.39 is 0 Å². The number of ether oxygens (including phenoxy) is 1. The van der Waals surface area contributed by atoms with Gasteiger partial charge in [-0.2, -0.15) is 0 Å². The summed E-state index contributed by atoms with van der Waals surface area (Å²) >= 11 is 0. The van der Waals surface area contributed by atoms with Gasteiger partial charge in [0.1, 0.15) is 18.2 Å². The predicted octanol–water partition coefficient (Wildman–Crippen LogP) is 6.12. The van der Waals surface area contributed by atoms with Gasteiger partial charge in [-0.1, -0.05) is 26.8 Å². The molecule has 5 aromatic rings. The Hall–Kier alpha value is -4.26. The largest absolute Gasteiger partial charge is 0.487 e. The summed E-state index contributed by atoms with van der Waals surface area (Å²) in [6, 6.07) is 18.1. The number of nitrogens with zero attached hydrogens (tertiary/aromatic N) is 5. The van der Waals surface area contributed by atoms with Crippen molar-refractivity contribution in [3.05, 3.63) is 90.5 Å². The van der Waals surface area contributed by atoms with E-state index in [1.165, 1.54) is 0 Å². The lowest BCUT2D eigenvalue weighted by Crippen LogP contribution is -2.13. The van der Waals surface area contributed by atoms with E-state index in [0.29, 0.717) is 6.61 Å². The molecule has 0 aliphatic rings. The highest BCUT2D eigenvalue weighted by atomic mass is 16.5. The van der Waals surface area contributed by atoms with E-state index >= 15 is 0 Å². The monoisotopic (exact) mass is 478 g/mol. The minimum absolute atomic E-state index is 0.127. The second-order valence-electron chi connectivity index (χ2n) is 10.00. The van der Waals surface area contributed by atoms with Gasteiger partial charge in [0.05, 0.1) is 34.8 Å². The van der Waals surface area contributed by atoms with E-state index in [-0.39, 0.29) is 5.41 Å². The molecule has 5 rings (SSSR count). The lowest BCUT2D eigenvalue weighted by Gasteiger charge is -2.14. The van der Waals surface area contributed by atoms with Crippen molar-refractivity contribution < 1.29 is 4.74 Å². The van der Waals surface area contributed by atoms with E-state index in [0.717, 1.165) is 56.9 Å². The van der Waals surface area contributed by atoms with Crippen LogP contribution in [0.1, 0.15) is 38.0 Å². The van der Waals surface area contributed by atoms with Crippen LogP contribution >= 0.6 is 0 Å². The number of hydrogen-bond acceptors (Lipinski definition) is 5. The zero-order valence-electron chi connectivity index (χ0n) is 21.3. The summed E-state index contributed by atoms with van der Waals surface area (Å²) in [6.45, 7) is 8.88. The fourth-order valence-corrected chi connectivity index (χ4v) is 3.96. The maximum atomic E-state index is 5.88. The van der Waals surface area contributed by atoms with E-state index in [4.69, 9.17) is 14.7 Å². The van der Waals surface area contributed by atoms with Gasteiger partial charge < -0.3 is 14.3 Å². The molecule has 0 spiro atoms. The fourth-order valence-electron chi connectivity index (χ4n) is 3.96.